The average molecular weight is 489 g/mol. The van der Waals surface area contributed by atoms with Crippen LogP contribution in [0.4, 0.5) is 0 Å². The second-order valence-corrected chi connectivity index (χ2v) is 8.31. The number of amides is 1. The number of unbranched alkanes of at least 4 members (excludes halogenated alkanes) is 2. The third kappa shape index (κ3) is 5.05. The molecule has 2 aromatic rings. The molecule has 0 unspecified atom stereocenters. The molecule has 0 radical (unpaired) electrons. The number of phenols is 1. The average Bonchev–Trinajstić information content (AvgIpc) is 2.83. The van der Waals surface area contributed by atoms with Gasteiger partial charge < -0.3 is 25.1 Å². The normalized spacial score (nSPS) is 11.0. The number of hydrogen-bond acceptors (Lipinski definition) is 6. The first-order valence-electron chi connectivity index (χ1n) is 11.3. The summed E-state index contributed by atoms with van der Waals surface area (Å²) in [6.45, 7) is 0.267. The molecule has 9 heteroatoms. The van der Waals surface area contributed by atoms with Crippen LogP contribution in [0.15, 0.2) is 63.8 Å². The van der Waals surface area contributed by atoms with Gasteiger partial charge in [0.2, 0.25) is 0 Å². The standard InChI is InChI=1S/C27H23NO8/c29-15-8-10-17-21(13-15)36-22-14-16(30)9-11-18(22)24(17)19-5-4-6-20(25(19)27(34)35)26(33)28-12-3-1-2-7-23(31)32/h4-6,8-11,13-14,29H,1-3,7,12H2,(H,28,33)(H,31,32)(H,34,35). The van der Waals surface area contributed by atoms with Crippen molar-refractivity contribution in [3.8, 4) is 28.2 Å². The monoisotopic (exact) mass is 489 g/mol. The van der Waals surface area contributed by atoms with E-state index in [9.17, 15) is 29.4 Å². The molecule has 0 aromatic heterocycles. The van der Waals surface area contributed by atoms with Gasteiger partial charge in [-0.1, -0.05) is 18.6 Å². The van der Waals surface area contributed by atoms with Gasteiger partial charge in [-0.15, -0.1) is 0 Å². The quantitative estimate of drug-likeness (QED) is 0.200. The molecule has 1 aliphatic heterocycles. The van der Waals surface area contributed by atoms with E-state index in [4.69, 9.17) is 9.52 Å². The maximum atomic E-state index is 12.9. The van der Waals surface area contributed by atoms with E-state index < -0.39 is 17.8 Å². The Labute approximate surface area is 205 Å². The van der Waals surface area contributed by atoms with E-state index in [1.807, 2.05) is 0 Å². The zero-order valence-electron chi connectivity index (χ0n) is 19.1. The Morgan fingerprint density at radius 3 is 2.44 bits per heavy atom. The lowest BCUT2D eigenvalue weighted by molar-refractivity contribution is -0.137. The SMILES string of the molecule is O=C(O)CCCCCNC(=O)c1cccc(-c2c3ccc(=O)cc-3oc3cc(O)ccc23)c1C(=O)O. The lowest BCUT2D eigenvalue weighted by Gasteiger charge is -2.18. The van der Waals surface area contributed by atoms with Gasteiger partial charge in [0.15, 0.2) is 5.43 Å². The summed E-state index contributed by atoms with van der Waals surface area (Å²) in [5, 5.41) is 32.0. The van der Waals surface area contributed by atoms with Gasteiger partial charge in [0, 0.05) is 41.6 Å². The van der Waals surface area contributed by atoms with E-state index in [1.54, 1.807) is 18.2 Å². The van der Waals surface area contributed by atoms with Crippen LogP contribution >= 0.6 is 0 Å². The highest BCUT2D eigenvalue weighted by Gasteiger charge is 2.26. The number of carbonyl (C=O) groups excluding carboxylic acids is 1. The minimum absolute atomic E-state index is 0.0353. The van der Waals surface area contributed by atoms with Crippen LogP contribution in [-0.2, 0) is 4.79 Å². The summed E-state index contributed by atoms with van der Waals surface area (Å²) >= 11 is 0. The first-order chi connectivity index (χ1) is 17.3. The molecule has 2 aromatic carbocycles. The van der Waals surface area contributed by atoms with Gasteiger partial charge in [-0.05, 0) is 48.7 Å². The van der Waals surface area contributed by atoms with Crippen molar-refractivity contribution in [2.45, 2.75) is 25.7 Å². The Balaban J connectivity index is 1.78. The molecule has 4 N–H and O–H groups in total. The van der Waals surface area contributed by atoms with Crippen molar-refractivity contribution in [2.75, 3.05) is 6.54 Å². The largest absolute Gasteiger partial charge is 0.508 e. The van der Waals surface area contributed by atoms with Gasteiger partial charge >= 0.3 is 11.9 Å². The molecule has 184 valence electrons. The molecule has 4 rings (SSSR count). The van der Waals surface area contributed by atoms with E-state index in [0.717, 1.165) is 0 Å². The fraction of sp³-hybridized carbons (Fsp3) is 0.185. The minimum Gasteiger partial charge on any atom is -0.508 e. The van der Waals surface area contributed by atoms with E-state index in [-0.39, 0.29) is 52.2 Å². The summed E-state index contributed by atoms with van der Waals surface area (Å²) in [5.41, 5.74) is 0.882. The van der Waals surface area contributed by atoms with Crippen molar-refractivity contribution in [3.05, 3.63) is 75.9 Å². The summed E-state index contributed by atoms with van der Waals surface area (Å²) in [6, 6.07) is 13.1. The van der Waals surface area contributed by atoms with Crippen LogP contribution < -0.4 is 10.7 Å². The van der Waals surface area contributed by atoms with Crippen LogP contribution in [0, 0.1) is 0 Å². The summed E-state index contributed by atoms with van der Waals surface area (Å²) < 4.78 is 5.82. The van der Waals surface area contributed by atoms with Crippen molar-refractivity contribution in [2.24, 2.45) is 0 Å². The molecule has 2 aliphatic rings. The van der Waals surface area contributed by atoms with Crippen LogP contribution in [0.3, 0.4) is 0 Å². The molecule has 1 heterocycles. The number of phenolic OH excluding ortho intramolecular Hbond substituents is 1. The highest BCUT2D eigenvalue weighted by Crippen LogP contribution is 2.42. The fourth-order valence-corrected chi connectivity index (χ4v) is 4.20. The smallest absolute Gasteiger partial charge is 0.337 e. The van der Waals surface area contributed by atoms with Crippen molar-refractivity contribution < 1.29 is 34.1 Å². The number of rotatable bonds is 9. The van der Waals surface area contributed by atoms with E-state index in [0.29, 0.717) is 35.8 Å². The molecule has 0 fully saturated rings. The van der Waals surface area contributed by atoms with Crippen LogP contribution in [0.5, 0.6) is 5.75 Å². The fourth-order valence-electron chi connectivity index (χ4n) is 4.20. The van der Waals surface area contributed by atoms with Gasteiger partial charge in [0.05, 0.1) is 11.1 Å². The van der Waals surface area contributed by atoms with Crippen molar-refractivity contribution in [1.82, 2.24) is 5.32 Å². The molecular formula is C27H23NO8. The number of aromatic hydroxyl groups is 1. The van der Waals surface area contributed by atoms with Crippen molar-refractivity contribution in [3.63, 3.8) is 0 Å². The second kappa shape index (κ2) is 10.3. The molecule has 1 aliphatic carbocycles. The van der Waals surface area contributed by atoms with Gasteiger partial charge in [0.25, 0.3) is 5.91 Å². The van der Waals surface area contributed by atoms with Crippen molar-refractivity contribution >= 4 is 28.8 Å². The minimum atomic E-state index is -1.31. The number of nitrogens with one attached hydrogen (secondary N) is 1. The number of carboxylic acid groups (broad SMARTS) is 2. The van der Waals surface area contributed by atoms with Crippen LogP contribution in [-0.4, -0.2) is 39.7 Å². The number of carbonyl (C=O) groups is 3. The predicted molar refractivity (Wildman–Crippen MR) is 132 cm³/mol. The predicted octanol–water partition coefficient (Wildman–Crippen LogP) is 4.34. The summed E-state index contributed by atoms with van der Waals surface area (Å²) in [4.78, 5) is 48.0. The third-order valence-electron chi connectivity index (χ3n) is 5.82. The number of fused-ring (bicyclic) bond motifs is 2. The second-order valence-electron chi connectivity index (χ2n) is 8.31. The summed E-state index contributed by atoms with van der Waals surface area (Å²) in [7, 11) is 0. The zero-order chi connectivity index (χ0) is 25.8. The molecule has 0 atom stereocenters. The lowest BCUT2D eigenvalue weighted by Crippen LogP contribution is -2.26. The lowest BCUT2D eigenvalue weighted by atomic mass is 9.88. The first-order valence-corrected chi connectivity index (χ1v) is 11.3. The topological polar surface area (TPSA) is 154 Å². The highest BCUT2D eigenvalue weighted by atomic mass is 16.4. The zero-order valence-corrected chi connectivity index (χ0v) is 19.1. The number of aromatic carboxylic acids is 1. The number of hydrogen-bond donors (Lipinski definition) is 4. The Morgan fingerprint density at radius 1 is 0.889 bits per heavy atom. The number of carboxylic acids is 2. The van der Waals surface area contributed by atoms with Gasteiger partial charge in [-0.25, -0.2) is 4.79 Å². The Kier molecular flexibility index (Phi) is 7.00. The molecule has 36 heavy (non-hydrogen) atoms. The molecule has 0 spiro atoms. The first kappa shape index (κ1) is 24.5. The van der Waals surface area contributed by atoms with Gasteiger partial charge in [0.1, 0.15) is 17.1 Å². The van der Waals surface area contributed by atoms with Crippen LogP contribution in [0.25, 0.3) is 33.4 Å². The molecule has 0 saturated heterocycles. The Morgan fingerprint density at radius 2 is 1.69 bits per heavy atom. The summed E-state index contributed by atoms with van der Waals surface area (Å²) in [6.07, 6.45) is 1.70. The molecular weight excluding hydrogens is 466 g/mol. The Bertz CT molecular complexity index is 1500. The van der Waals surface area contributed by atoms with Gasteiger partial charge in [-0.2, -0.15) is 0 Å². The van der Waals surface area contributed by atoms with E-state index >= 15 is 0 Å². The van der Waals surface area contributed by atoms with E-state index in [2.05, 4.69) is 5.32 Å². The number of benzene rings is 3. The Hall–Kier alpha value is -4.66. The number of aliphatic carboxylic acids is 1. The third-order valence-corrected chi connectivity index (χ3v) is 5.82. The van der Waals surface area contributed by atoms with Crippen LogP contribution in [0.2, 0.25) is 0 Å². The summed E-state index contributed by atoms with van der Waals surface area (Å²) in [5.74, 6) is -2.61. The van der Waals surface area contributed by atoms with Gasteiger partial charge in [-0.3, -0.25) is 14.4 Å². The van der Waals surface area contributed by atoms with E-state index in [1.165, 1.54) is 36.4 Å². The van der Waals surface area contributed by atoms with Crippen molar-refractivity contribution in [1.29, 1.82) is 0 Å². The maximum Gasteiger partial charge on any atom is 0.337 e. The molecule has 9 nitrogen and oxygen atoms in total. The maximum absolute atomic E-state index is 12.9. The molecule has 0 saturated carbocycles. The molecule has 1 amide bonds. The highest BCUT2D eigenvalue weighted by molar-refractivity contribution is 6.13. The molecule has 0 bridgehead atoms. The van der Waals surface area contributed by atoms with Crippen LogP contribution in [0.1, 0.15) is 46.4 Å².